The van der Waals surface area contributed by atoms with E-state index in [0.717, 1.165) is 29.8 Å². The molecule has 0 saturated heterocycles. The van der Waals surface area contributed by atoms with Crippen LogP contribution in [-0.2, 0) is 9.84 Å². The van der Waals surface area contributed by atoms with E-state index in [-0.39, 0.29) is 29.9 Å². The Morgan fingerprint density at radius 3 is 2.27 bits per heavy atom. The zero-order valence-corrected chi connectivity index (χ0v) is 15.6. The molecule has 0 amide bonds. The van der Waals surface area contributed by atoms with E-state index in [2.05, 4.69) is 0 Å². The molecule has 1 heterocycles. The van der Waals surface area contributed by atoms with Gasteiger partial charge in [0.05, 0.1) is 10.8 Å². The van der Waals surface area contributed by atoms with Crippen molar-refractivity contribution in [3.63, 3.8) is 0 Å². The van der Waals surface area contributed by atoms with Crippen LogP contribution >= 0.6 is 24.0 Å². The monoisotopic (exact) mass is 448 g/mol. The van der Waals surface area contributed by atoms with Gasteiger partial charge in [0, 0.05) is 18.6 Å². The van der Waals surface area contributed by atoms with Crippen LogP contribution in [0.2, 0.25) is 0 Å². The molecule has 0 saturated carbocycles. The van der Waals surface area contributed by atoms with E-state index in [1.54, 1.807) is 0 Å². The fourth-order valence-corrected chi connectivity index (χ4v) is 3.67. The molecule has 0 aliphatic carbocycles. The van der Waals surface area contributed by atoms with Gasteiger partial charge in [-0.25, -0.2) is 8.42 Å². The number of alkyl halides is 3. The van der Waals surface area contributed by atoms with Gasteiger partial charge in [-0.3, -0.25) is 0 Å². The van der Waals surface area contributed by atoms with E-state index in [0.29, 0.717) is 12.2 Å². The molecule has 1 unspecified atom stereocenters. The fraction of sp³-hybridized carbons (Fsp3) is 0.500. The average molecular weight is 448 g/mol. The number of hydrogen-bond acceptors (Lipinski definition) is 2. The summed E-state index contributed by atoms with van der Waals surface area (Å²) in [7, 11) is -5.31. The maximum absolute atomic E-state index is 12.7. The highest BCUT2D eigenvalue weighted by Gasteiger charge is 2.48. The lowest BCUT2D eigenvalue weighted by Gasteiger charge is -2.09. The lowest BCUT2D eigenvalue weighted by molar-refractivity contribution is -0.434. The molecule has 0 aromatic heterocycles. The Morgan fingerprint density at radius 2 is 1.82 bits per heavy atom. The van der Waals surface area contributed by atoms with Gasteiger partial charge in [0.2, 0.25) is 5.69 Å². The van der Waals surface area contributed by atoms with Crippen LogP contribution in [0.25, 0.3) is 0 Å². The molecule has 1 atom stereocenters. The molecule has 0 radical (unpaired) electrons. The molecule has 1 aliphatic rings. The Bertz CT molecular complexity index is 711. The molecule has 1 aromatic carbocycles. The van der Waals surface area contributed by atoms with Crippen molar-refractivity contribution < 1.29 is 26.2 Å². The first-order valence-corrected chi connectivity index (χ1v) is 8.19. The van der Waals surface area contributed by atoms with Gasteiger partial charge in [0.15, 0.2) is 5.71 Å². The Hall–Kier alpha value is -0.640. The molecule has 0 N–H and O–H groups in total. The Labute approximate surface area is 145 Å². The van der Waals surface area contributed by atoms with Crippen LogP contribution in [0, 0.1) is 0 Å². The predicted octanol–water partition coefficient (Wildman–Crippen LogP) is 4.23. The Balaban J connectivity index is 0.00000242. The highest BCUT2D eigenvalue weighted by Crippen LogP contribution is 2.40. The van der Waals surface area contributed by atoms with Crippen LogP contribution in [0.3, 0.4) is 0 Å². The fourth-order valence-electron chi connectivity index (χ4n) is 2.89. The molecule has 1 aliphatic heterocycles. The van der Waals surface area contributed by atoms with Crippen molar-refractivity contribution in [3.8, 4) is 0 Å². The smallest absolute Gasteiger partial charge is 0.214 e. The van der Waals surface area contributed by atoms with Gasteiger partial charge in [-0.05, 0) is 19.4 Å². The summed E-state index contributed by atoms with van der Waals surface area (Å²) < 4.78 is 62.9. The van der Waals surface area contributed by atoms with Crippen LogP contribution in [0.1, 0.15) is 38.7 Å². The number of sulfone groups is 1. The van der Waals surface area contributed by atoms with Gasteiger partial charge in [-0.2, -0.15) is 17.7 Å². The molecule has 2 rings (SSSR count). The summed E-state index contributed by atoms with van der Waals surface area (Å²) >= 11 is 0. The molecule has 0 spiro atoms. The summed E-state index contributed by atoms with van der Waals surface area (Å²) in [5.41, 5.74) is -2.79. The quantitative estimate of drug-likeness (QED) is 0.513. The number of halogens is 4. The van der Waals surface area contributed by atoms with E-state index in [1.807, 2.05) is 25.3 Å². The SMILES string of the molecule is CCC1C(C)=[N+](CC)c2cc(S(=O)(=O)C(F)(F)F)ccc21.I. The van der Waals surface area contributed by atoms with Crippen molar-refractivity contribution in [3.05, 3.63) is 23.8 Å². The second kappa shape index (κ2) is 6.46. The van der Waals surface area contributed by atoms with Crippen LogP contribution in [-0.4, -0.2) is 30.8 Å². The largest absolute Gasteiger partial charge is 0.501 e. The number of nitrogens with zero attached hydrogens (tertiary/aromatic N) is 1. The summed E-state index contributed by atoms with van der Waals surface area (Å²) in [5.74, 6) is 0.127. The molecule has 8 heteroatoms. The third-order valence-electron chi connectivity index (χ3n) is 3.94. The van der Waals surface area contributed by atoms with Gasteiger partial charge < -0.3 is 0 Å². The first-order valence-electron chi connectivity index (χ1n) is 6.71. The lowest BCUT2D eigenvalue weighted by atomic mass is 9.94. The number of benzene rings is 1. The summed E-state index contributed by atoms with van der Waals surface area (Å²) in [4.78, 5) is -0.697. The lowest BCUT2D eigenvalue weighted by Crippen LogP contribution is -2.23. The topological polar surface area (TPSA) is 37.1 Å². The van der Waals surface area contributed by atoms with Crippen LogP contribution in [0.15, 0.2) is 23.1 Å². The van der Waals surface area contributed by atoms with Gasteiger partial charge in [-0.1, -0.05) is 13.0 Å². The molecule has 3 nitrogen and oxygen atoms in total. The zero-order chi connectivity index (χ0) is 16.0. The second-order valence-electron chi connectivity index (χ2n) is 5.02. The van der Waals surface area contributed by atoms with E-state index in [9.17, 15) is 21.6 Å². The van der Waals surface area contributed by atoms with Crippen molar-refractivity contribution in [1.29, 1.82) is 0 Å². The maximum Gasteiger partial charge on any atom is 0.501 e. The summed E-state index contributed by atoms with van der Waals surface area (Å²) in [6.45, 7) is 6.40. The zero-order valence-electron chi connectivity index (χ0n) is 12.4. The van der Waals surface area contributed by atoms with Gasteiger partial charge in [0.1, 0.15) is 6.54 Å². The molecular weight excluding hydrogens is 430 g/mol. The Morgan fingerprint density at radius 1 is 1.23 bits per heavy atom. The molecule has 0 fully saturated rings. The number of hydrogen-bond donors (Lipinski definition) is 0. The van der Waals surface area contributed by atoms with Crippen molar-refractivity contribution in [1.82, 2.24) is 0 Å². The minimum atomic E-state index is -5.31. The third kappa shape index (κ3) is 2.91. The van der Waals surface area contributed by atoms with Crippen LogP contribution < -0.4 is 0 Å². The molecule has 124 valence electrons. The van der Waals surface area contributed by atoms with Gasteiger partial charge in [-0.15, -0.1) is 24.0 Å². The van der Waals surface area contributed by atoms with Gasteiger partial charge in [0.25, 0.3) is 9.84 Å². The van der Waals surface area contributed by atoms with Crippen LogP contribution in [0.5, 0.6) is 0 Å². The second-order valence-corrected chi connectivity index (χ2v) is 6.96. The van der Waals surface area contributed by atoms with Crippen molar-refractivity contribution in [2.45, 2.75) is 43.5 Å². The predicted molar refractivity (Wildman–Crippen MR) is 89.3 cm³/mol. The van der Waals surface area contributed by atoms with Crippen LogP contribution in [0.4, 0.5) is 18.9 Å². The van der Waals surface area contributed by atoms with Crippen molar-refractivity contribution in [2.75, 3.05) is 6.54 Å². The van der Waals surface area contributed by atoms with E-state index in [4.69, 9.17) is 0 Å². The minimum absolute atomic E-state index is 0. The molecule has 0 bridgehead atoms. The summed E-state index contributed by atoms with van der Waals surface area (Å²) in [6, 6.07) is 3.69. The first-order chi connectivity index (χ1) is 9.65. The molecular formula is C14H18F3INO2S+. The van der Waals surface area contributed by atoms with E-state index < -0.39 is 20.2 Å². The maximum atomic E-state index is 12.7. The van der Waals surface area contributed by atoms with Crippen molar-refractivity contribution >= 4 is 45.2 Å². The molecule has 1 aromatic rings. The first kappa shape index (κ1) is 19.4. The summed E-state index contributed by atoms with van der Waals surface area (Å²) in [5, 5.41) is 0. The standard InChI is InChI=1S/C14H17F3NO2S.HI/c1-4-11-9(3)18(5-2)13-8-10(6-7-12(11)13)21(19,20)14(15,16)17;/h6-8,11H,4-5H2,1-3H3;1H/q+1;. The van der Waals surface area contributed by atoms with Gasteiger partial charge >= 0.3 is 5.51 Å². The highest BCUT2D eigenvalue weighted by atomic mass is 127. The van der Waals surface area contributed by atoms with E-state index in [1.165, 1.54) is 6.07 Å². The normalized spacial score (nSPS) is 18.2. The molecule has 22 heavy (non-hydrogen) atoms. The van der Waals surface area contributed by atoms with Crippen molar-refractivity contribution in [2.24, 2.45) is 0 Å². The third-order valence-corrected chi connectivity index (χ3v) is 5.42. The number of fused-ring (bicyclic) bond motifs is 1. The minimum Gasteiger partial charge on any atom is -0.214 e. The van der Waals surface area contributed by atoms with E-state index >= 15 is 0 Å². The highest BCUT2D eigenvalue weighted by molar-refractivity contribution is 14.0. The number of rotatable bonds is 3. The Kier molecular flexibility index (Phi) is 5.70. The summed E-state index contributed by atoms with van der Waals surface area (Å²) in [6.07, 6.45) is 0.820. The average Bonchev–Trinajstić information content (AvgIpc) is 2.67.